The minimum Gasteiger partial charge on any atom is -0.461 e. The number of esters is 2. The van der Waals surface area contributed by atoms with Crippen LogP contribution < -0.4 is 10.6 Å². The molecule has 0 saturated carbocycles. The largest absolute Gasteiger partial charge is 0.461 e. The van der Waals surface area contributed by atoms with Crippen LogP contribution >= 0.6 is 0 Å². The molecule has 1 aromatic heterocycles. The monoisotopic (exact) mass is 391 g/mol. The van der Waals surface area contributed by atoms with Crippen molar-refractivity contribution in [1.29, 1.82) is 0 Å². The van der Waals surface area contributed by atoms with E-state index in [-0.39, 0.29) is 37.7 Å². The van der Waals surface area contributed by atoms with Crippen molar-refractivity contribution in [2.24, 2.45) is 10.2 Å². The molecule has 148 valence electrons. The maximum Gasteiger partial charge on any atom is 0.331 e. The lowest BCUT2D eigenvalue weighted by Gasteiger charge is -2.04. The smallest absolute Gasteiger partial charge is 0.331 e. The van der Waals surface area contributed by atoms with Crippen LogP contribution in [0.4, 0.5) is 0 Å². The van der Waals surface area contributed by atoms with Gasteiger partial charge in [-0.3, -0.25) is 14.7 Å². The molecule has 0 saturated heterocycles. The number of amides is 2. The molecule has 1 aromatic rings. The number of aromatic amines is 1. The highest BCUT2D eigenvalue weighted by molar-refractivity contribution is 5.93. The quantitative estimate of drug-likeness (QED) is 0.249. The third kappa shape index (κ3) is 7.15. The minimum atomic E-state index is -0.778. The normalized spacial score (nSPS) is 12.5. The maximum absolute atomic E-state index is 11.6. The molecule has 2 amide bonds. The SMILES string of the molecule is O=C(/C=C/C(=O)OCCNC(=O)c1c[nH]nn1)OCCNC(=O)C1=CCN=N1. The van der Waals surface area contributed by atoms with Crippen LogP contribution in [0.25, 0.3) is 0 Å². The van der Waals surface area contributed by atoms with E-state index in [1.54, 1.807) is 6.08 Å². The van der Waals surface area contributed by atoms with Gasteiger partial charge in [-0.05, 0) is 6.08 Å². The fraction of sp³-hybridized carbons (Fsp3) is 0.333. The molecule has 13 nitrogen and oxygen atoms in total. The fourth-order valence-corrected chi connectivity index (χ4v) is 1.78. The van der Waals surface area contributed by atoms with E-state index in [2.05, 4.69) is 36.3 Å². The van der Waals surface area contributed by atoms with Crippen LogP contribution in [0.3, 0.4) is 0 Å². The summed E-state index contributed by atoms with van der Waals surface area (Å²) in [6.07, 6.45) is 4.67. The molecule has 28 heavy (non-hydrogen) atoms. The molecule has 0 bridgehead atoms. The Morgan fingerprint density at radius 1 is 1.04 bits per heavy atom. The molecule has 0 aliphatic carbocycles. The Balaban J connectivity index is 1.52. The van der Waals surface area contributed by atoms with Crippen molar-refractivity contribution in [1.82, 2.24) is 26.0 Å². The van der Waals surface area contributed by atoms with Crippen molar-refractivity contribution in [3.8, 4) is 0 Å². The lowest BCUT2D eigenvalue weighted by molar-refractivity contribution is -0.140. The number of hydrogen-bond donors (Lipinski definition) is 3. The molecule has 2 heterocycles. The molecular formula is C15H17N7O6. The van der Waals surface area contributed by atoms with Crippen LogP contribution in [0.2, 0.25) is 0 Å². The summed E-state index contributed by atoms with van der Waals surface area (Å²) >= 11 is 0. The molecule has 0 aromatic carbocycles. The summed E-state index contributed by atoms with van der Waals surface area (Å²) in [5.74, 6) is -2.43. The van der Waals surface area contributed by atoms with Gasteiger partial charge in [0.25, 0.3) is 11.8 Å². The van der Waals surface area contributed by atoms with Gasteiger partial charge in [0.2, 0.25) is 0 Å². The first-order valence-electron chi connectivity index (χ1n) is 8.08. The average molecular weight is 391 g/mol. The van der Waals surface area contributed by atoms with Crippen molar-refractivity contribution in [2.75, 3.05) is 32.8 Å². The van der Waals surface area contributed by atoms with Crippen molar-refractivity contribution >= 4 is 23.8 Å². The van der Waals surface area contributed by atoms with Gasteiger partial charge in [-0.15, -0.1) is 5.10 Å². The number of H-pyrrole nitrogens is 1. The third-order valence-corrected chi connectivity index (χ3v) is 3.05. The minimum absolute atomic E-state index is 0.0609. The topological polar surface area (TPSA) is 177 Å². The van der Waals surface area contributed by atoms with E-state index in [4.69, 9.17) is 9.47 Å². The molecule has 13 heteroatoms. The Morgan fingerprint density at radius 2 is 1.68 bits per heavy atom. The Kier molecular flexibility index (Phi) is 7.98. The fourth-order valence-electron chi connectivity index (χ4n) is 1.78. The van der Waals surface area contributed by atoms with Gasteiger partial charge in [0.1, 0.15) is 18.9 Å². The maximum atomic E-state index is 11.6. The molecule has 0 spiro atoms. The predicted molar refractivity (Wildman–Crippen MR) is 90.6 cm³/mol. The second-order valence-electron chi connectivity index (χ2n) is 5.05. The first kappa shape index (κ1) is 20.4. The number of aromatic nitrogens is 3. The summed E-state index contributed by atoms with van der Waals surface area (Å²) in [6.45, 7) is 0.336. The summed E-state index contributed by atoms with van der Waals surface area (Å²) < 4.78 is 9.61. The predicted octanol–water partition coefficient (Wildman–Crippen LogP) is -1.36. The van der Waals surface area contributed by atoms with E-state index in [0.29, 0.717) is 6.54 Å². The molecule has 1 aliphatic rings. The molecule has 1 aliphatic heterocycles. The van der Waals surface area contributed by atoms with Crippen LogP contribution in [0, 0.1) is 0 Å². The zero-order valence-electron chi connectivity index (χ0n) is 14.6. The van der Waals surface area contributed by atoms with Crippen molar-refractivity contribution in [2.45, 2.75) is 0 Å². The lowest BCUT2D eigenvalue weighted by atomic mass is 10.4. The van der Waals surface area contributed by atoms with Gasteiger partial charge in [0, 0.05) is 12.2 Å². The van der Waals surface area contributed by atoms with Gasteiger partial charge in [0.15, 0.2) is 5.69 Å². The van der Waals surface area contributed by atoms with E-state index in [9.17, 15) is 19.2 Å². The standard InChI is InChI=1S/C15H17N7O6/c23-12(27-7-5-16-14(25)10-3-4-18-20-10)1-2-13(24)28-8-6-17-15(26)11-9-19-22-21-11/h1-3,9H,4-8H2,(H,16,25)(H,17,26)(H,19,21,22)/b2-1+. The zero-order valence-corrected chi connectivity index (χ0v) is 14.6. The van der Waals surface area contributed by atoms with E-state index in [1.165, 1.54) is 6.20 Å². The molecule has 2 rings (SSSR count). The van der Waals surface area contributed by atoms with E-state index >= 15 is 0 Å². The molecule has 0 atom stereocenters. The highest BCUT2D eigenvalue weighted by Gasteiger charge is 2.11. The van der Waals surface area contributed by atoms with Gasteiger partial charge < -0.3 is 20.1 Å². The van der Waals surface area contributed by atoms with Crippen LogP contribution in [-0.2, 0) is 23.9 Å². The molecule has 3 N–H and O–H groups in total. The highest BCUT2D eigenvalue weighted by atomic mass is 16.5. The summed E-state index contributed by atoms with van der Waals surface area (Å²) in [6, 6.07) is 0. The number of ether oxygens (including phenoxy) is 2. The molecular weight excluding hydrogens is 374 g/mol. The summed E-state index contributed by atoms with van der Waals surface area (Å²) in [7, 11) is 0. The average Bonchev–Trinajstić information content (AvgIpc) is 3.40. The Morgan fingerprint density at radius 3 is 2.21 bits per heavy atom. The van der Waals surface area contributed by atoms with Crippen molar-refractivity contribution in [3.63, 3.8) is 0 Å². The van der Waals surface area contributed by atoms with Gasteiger partial charge >= 0.3 is 11.9 Å². The summed E-state index contributed by atoms with van der Waals surface area (Å²) in [4.78, 5) is 46.0. The number of nitrogens with one attached hydrogen (secondary N) is 3. The first-order valence-corrected chi connectivity index (χ1v) is 8.08. The second kappa shape index (κ2) is 10.9. The number of carbonyl (C=O) groups is 4. The van der Waals surface area contributed by atoms with E-state index in [0.717, 1.165) is 12.2 Å². The highest BCUT2D eigenvalue weighted by Crippen LogP contribution is 2.04. The van der Waals surface area contributed by atoms with E-state index in [1.807, 2.05) is 0 Å². The number of nitrogens with zero attached hydrogens (tertiary/aromatic N) is 4. The summed E-state index contributed by atoms with van der Waals surface area (Å²) in [5.41, 5.74) is 0.320. The van der Waals surface area contributed by atoms with Crippen molar-refractivity contribution < 1.29 is 28.7 Å². The van der Waals surface area contributed by atoms with Gasteiger partial charge in [0.05, 0.1) is 25.8 Å². The van der Waals surface area contributed by atoms with Gasteiger partial charge in [-0.2, -0.15) is 10.2 Å². The number of rotatable bonds is 10. The zero-order chi connectivity index (χ0) is 20.2. The third-order valence-electron chi connectivity index (χ3n) is 3.05. The Bertz CT molecular complexity index is 800. The van der Waals surface area contributed by atoms with E-state index < -0.39 is 23.8 Å². The number of azo groups is 1. The molecule has 0 unspecified atom stereocenters. The summed E-state index contributed by atoms with van der Waals surface area (Å²) in [5, 5.41) is 21.5. The first-order chi connectivity index (χ1) is 13.6. The van der Waals surface area contributed by atoms with Gasteiger partial charge in [-0.1, -0.05) is 5.21 Å². The van der Waals surface area contributed by atoms with Crippen LogP contribution in [0.15, 0.2) is 40.4 Å². The second-order valence-corrected chi connectivity index (χ2v) is 5.05. The van der Waals surface area contributed by atoms with Crippen molar-refractivity contribution in [3.05, 3.63) is 35.8 Å². The van der Waals surface area contributed by atoms with Crippen LogP contribution in [0.1, 0.15) is 10.5 Å². The Hall–Kier alpha value is -3.90. The van der Waals surface area contributed by atoms with Crippen LogP contribution in [-0.4, -0.2) is 72.0 Å². The van der Waals surface area contributed by atoms with Gasteiger partial charge in [-0.25, -0.2) is 9.59 Å². The number of hydrogen-bond acceptors (Lipinski definition) is 10. The number of carbonyl (C=O) groups excluding carboxylic acids is 4. The molecule has 0 fully saturated rings. The molecule has 0 radical (unpaired) electrons. The van der Waals surface area contributed by atoms with Crippen LogP contribution in [0.5, 0.6) is 0 Å². The Labute approximate surface area is 158 Å². The lowest BCUT2D eigenvalue weighted by Crippen LogP contribution is -2.28.